The van der Waals surface area contributed by atoms with Gasteiger partial charge in [-0.15, -0.1) is 0 Å². The second-order valence-electron chi connectivity index (χ2n) is 5.83. The van der Waals surface area contributed by atoms with Crippen molar-refractivity contribution >= 4 is 20.9 Å². The van der Waals surface area contributed by atoms with E-state index in [2.05, 4.69) is 4.98 Å². The van der Waals surface area contributed by atoms with Gasteiger partial charge in [0.1, 0.15) is 0 Å². The molecule has 1 aliphatic rings. The molecule has 0 atom stereocenters. The molecule has 2 aromatic rings. The molecule has 0 aliphatic carbocycles. The van der Waals surface area contributed by atoms with Crippen LogP contribution in [0.25, 0.3) is 10.9 Å². The molecule has 1 aromatic carbocycles. The Balaban J connectivity index is 1.82. The number of fused-ring (bicyclic) bond motifs is 1. The minimum Gasteiger partial charge on any atom is -0.330 e. The van der Waals surface area contributed by atoms with Crippen LogP contribution in [0, 0.1) is 5.92 Å². The van der Waals surface area contributed by atoms with Crippen LogP contribution in [0.2, 0.25) is 0 Å². The van der Waals surface area contributed by atoms with Crippen LogP contribution in [0.3, 0.4) is 0 Å². The molecule has 118 valence electrons. The Hall–Kier alpha value is -1.50. The fourth-order valence-corrected chi connectivity index (χ4v) is 4.57. The first-order valence-corrected chi connectivity index (χ1v) is 9.21. The minimum absolute atomic E-state index is 0.00858. The molecule has 0 spiro atoms. The zero-order chi connectivity index (χ0) is 15.6. The van der Waals surface area contributed by atoms with E-state index < -0.39 is 10.0 Å². The van der Waals surface area contributed by atoms with Gasteiger partial charge in [-0.05, 0) is 36.9 Å². The van der Waals surface area contributed by atoms with Crippen molar-refractivity contribution in [3.05, 3.63) is 42.1 Å². The second-order valence-corrected chi connectivity index (χ2v) is 7.80. The zero-order valence-electron chi connectivity index (χ0n) is 12.5. The lowest BCUT2D eigenvalue weighted by Gasteiger charge is -2.30. The first-order valence-electron chi connectivity index (χ1n) is 7.60. The van der Waals surface area contributed by atoms with Gasteiger partial charge in [-0.2, -0.15) is 0 Å². The van der Waals surface area contributed by atoms with Crippen LogP contribution >= 0.6 is 0 Å². The molecule has 1 aliphatic heterocycles. The van der Waals surface area contributed by atoms with Crippen LogP contribution in [-0.2, 0) is 15.8 Å². The third kappa shape index (κ3) is 3.14. The van der Waals surface area contributed by atoms with Gasteiger partial charge in [0.2, 0.25) is 10.0 Å². The molecular formula is C16H21N3O2S. The van der Waals surface area contributed by atoms with Crippen molar-refractivity contribution in [2.75, 3.05) is 19.6 Å². The van der Waals surface area contributed by atoms with Crippen molar-refractivity contribution in [2.45, 2.75) is 18.6 Å². The Morgan fingerprint density at radius 2 is 1.91 bits per heavy atom. The highest BCUT2D eigenvalue weighted by Gasteiger charge is 2.28. The van der Waals surface area contributed by atoms with E-state index in [0.717, 1.165) is 29.3 Å². The van der Waals surface area contributed by atoms with Crippen molar-refractivity contribution in [1.82, 2.24) is 9.29 Å². The summed E-state index contributed by atoms with van der Waals surface area (Å²) in [5.41, 5.74) is 7.20. The summed E-state index contributed by atoms with van der Waals surface area (Å²) in [6.07, 6.45) is 3.40. The summed E-state index contributed by atoms with van der Waals surface area (Å²) >= 11 is 0. The molecule has 2 heterocycles. The average molecular weight is 319 g/mol. The van der Waals surface area contributed by atoms with Crippen molar-refractivity contribution < 1.29 is 8.42 Å². The molecular weight excluding hydrogens is 298 g/mol. The maximum atomic E-state index is 12.7. The third-order valence-electron chi connectivity index (χ3n) is 4.35. The van der Waals surface area contributed by atoms with Crippen LogP contribution in [0.1, 0.15) is 18.4 Å². The third-order valence-corrected chi connectivity index (χ3v) is 6.18. The van der Waals surface area contributed by atoms with Gasteiger partial charge >= 0.3 is 0 Å². The molecule has 1 aromatic heterocycles. The number of aromatic nitrogens is 1. The Bertz CT molecular complexity index is 748. The number of pyridine rings is 1. The Labute approximate surface area is 131 Å². The van der Waals surface area contributed by atoms with E-state index in [1.807, 2.05) is 30.3 Å². The highest BCUT2D eigenvalue weighted by atomic mass is 32.2. The van der Waals surface area contributed by atoms with E-state index in [-0.39, 0.29) is 5.75 Å². The van der Waals surface area contributed by atoms with Crippen molar-refractivity contribution in [1.29, 1.82) is 0 Å². The molecule has 5 nitrogen and oxygen atoms in total. The van der Waals surface area contributed by atoms with Crippen LogP contribution in [0.4, 0.5) is 0 Å². The maximum Gasteiger partial charge on any atom is 0.218 e. The summed E-state index contributed by atoms with van der Waals surface area (Å²) in [6.45, 7) is 1.78. The van der Waals surface area contributed by atoms with E-state index in [1.54, 1.807) is 10.5 Å². The lowest BCUT2D eigenvalue weighted by molar-refractivity contribution is 0.278. The fourth-order valence-electron chi connectivity index (χ4n) is 2.99. The van der Waals surface area contributed by atoms with Crippen LogP contribution in [-0.4, -0.2) is 37.3 Å². The number of benzene rings is 1. The van der Waals surface area contributed by atoms with Gasteiger partial charge in [-0.3, -0.25) is 4.98 Å². The Morgan fingerprint density at radius 3 is 2.64 bits per heavy atom. The highest BCUT2D eigenvalue weighted by molar-refractivity contribution is 7.88. The quantitative estimate of drug-likeness (QED) is 0.931. The smallest absolute Gasteiger partial charge is 0.218 e. The summed E-state index contributed by atoms with van der Waals surface area (Å²) in [4.78, 5) is 4.34. The Kier molecular flexibility index (Phi) is 4.42. The van der Waals surface area contributed by atoms with Gasteiger partial charge in [0.15, 0.2) is 0 Å². The van der Waals surface area contributed by atoms with Crippen molar-refractivity contribution in [3.63, 3.8) is 0 Å². The number of nitrogens with zero attached hydrogens (tertiary/aromatic N) is 2. The van der Waals surface area contributed by atoms with E-state index in [0.29, 0.717) is 25.6 Å². The SMILES string of the molecule is NCC1CCN(S(=O)(=O)Cc2cccc3cccnc23)CC1. The van der Waals surface area contributed by atoms with Crippen LogP contribution in [0.5, 0.6) is 0 Å². The molecule has 3 rings (SSSR count). The largest absolute Gasteiger partial charge is 0.330 e. The number of piperidine rings is 1. The summed E-state index contributed by atoms with van der Waals surface area (Å²) in [5.74, 6) is 0.458. The number of hydrogen-bond donors (Lipinski definition) is 1. The highest BCUT2D eigenvalue weighted by Crippen LogP contribution is 2.23. The van der Waals surface area contributed by atoms with Gasteiger partial charge in [-0.1, -0.05) is 24.3 Å². The van der Waals surface area contributed by atoms with Crippen LogP contribution < -0.4 is 5.73 Å². The molecule has 6 heteroatoms. The fraction of sp³-hybridized carbons (Fsp3) is 0.438. The summed E-state index contributed by atoms with van der Waals surface area (Å²) in [6, 6.07) is 9.49. The first kappa shape index (κ1) is 15.4. The summed E-state index contributed by atoms with van der Waals surface area (Å²) in [5, 5.41) is 0.969. The first-order chi connectivity index (χ1) is 10.6. The molecule has 1 fully saturated rings. The normalized spacial score (nSPS) is 17.9. The zero-order valence-corrected chi connectivity index (χ0v) is 13.3. The lowest BCUT2D eigenvalue weighted by atomic mass is 9.99. The Morgan fingerprint density at radius 1 is 1.18 bits per heavy atom. The number of hydrogen-bond acceptors (Lipinski definition) is 4. The molecule has 0 amide bonds. The molecule has 0 unspecified atom stereocenters. The van der Waals surface area contributed by atoms with E-state index in [9.17, 15) is 8.42 Å². The van der Waals surface area contributed by atoms with Gasteiger partial charge in [0.05, 0.1) is 11.3 Å². The summed E-state index contributed by atoms with van der Waals surface area (Å²) < 4.78 is 26.9. The standard InChI is InChI=1S/C16H21N3O2S/c17-11-13-6-9-19(10-7-13)22(20,21)12-15-4-1-3-14-5-2-8-18-16(14)15/h1-5,8,13H,6-7,9-12,17H2. The molecule has 0 bridgehead atoms. The number of rotatable bonds is 4. The van der Waals surface area contributed by atoms with Crippen molar-refractivity contribution in [2.24, 2.45) is 11.7 Å². The van der Waals surface area contributed by atoms with Crippen LogP contribution in [0.15, 0.2) is 36.5 Å². The monoisotopic (exact) mass is 319 g/mol. The molecule has 22 heavy (non-hydrogen) atoms. The van der Waals surface area contributed by atoms with E-state index in [1.165, 1.54) is 0 Å². The minimum atomic E-state index is -3.31. The van der Waals surface area contributed by atoms with E-state index >= 15 is 0 Å². The summed E-state index contributed by atoms with van der Waals surface area (Å²) in [7, 11) is -3.31. The molecule has 0 saturated carbocycles. The van der Waals surface area contributed by atoms with Gasteiger partial charge < -0.3 is 5.73 Å². The lowest BCUT2D eigenvalue weighted by Crippen LogP contribution is -2.40. The topological polar surface area (TPSA) is 76.3 Å². The predicted octanol–water partition coefficient (Wildman–Crippen LogP) is 1.74. The van der Waals surface area contributed by atoms with Gasteiger partial charge in [0, 0.05) is 24.7 Å². The number of sulfonamides is 1. The average Bonchev–Trinajstić information content (AvgIpc) is 2.55. The van der Waals surface area contributed by atoms with E-state index in [4.69, 9.17) is 5.73 Å². The second kappa shape index (κ2) is 6.32. The number of para-hydroxylation sites is 1. The maximum absolute atomic E-state index is 12.7. The number of nitrogens with two attached hydrogens (primary N) is 1. The van der Waals surface area contributed by atoms with Gasteiger partial charge in [0.25, 0.3) is 0 Å². The molecule has 0 radical (unpaired) electrons. The molecule has 2 N–H and O–H groups in total. The molecule has 1 saturated heterocycles. The predicted molar refractivity (Wildman–Crippen MR) is 87.7 cm³/mol. The van der Waals surface area contributed by atoms with Crippen molar-refractivity contribution in [3.8, 4) is 0 Å². The van der Waals surface area contributed by atoms with Gasteiger partial charge in [-0.25, -0.2) is 12.7 Å².